The summed E-state index contributed by atoms with van der Waals surface area (Å²) < 4.78 is 1.16. The van der Waals surface area contributed by atoms with Gasteiger partial charge in [0, 0.05) is 34.6 Å². The third-order valence-electron chi connectivity index (χ3n) is 2.81. The average Bonchev–Trinajstić information content (AvgIpc) is 2.20. The molecule has 1 nitrogen and oxygen atoms in total. The van der Waals surface area contributed by atoms with E-state index in [0.29, 0.717) is 0 Å². The second kappa shape index (κ2) is 5.56. The van der Waals surface area contributed by atoms with Crippen molar-refractivity contribution in [2.75, 3.05) is 13.1 Å². The van der Waals surface area contributed by atoms with Crippen LogP contribution in [-0.4, -0.2) is 28.5 Å². The first-order chi connectivity index (χ1) is 7.63. The Labute approximate surface area is 111 Å². The number of hydrogen-bond acceptors (Lipinski definition) is 2. The van der Waals surface area contributed by atoms with Gasteiger partial charge in [0.2, 0.25) is 0 Å². The van der Waals surface area contributed by atoms with Crippen LogP contribution in [0.2, 0.25) is 0 Å². The molecule has 1 saturated heterocycles. The van der Waals surface area contributed by atoms with Crippen molar-refractivity contribution in [3.63, 3.8) is 0 Å². The van der Waals surface area contributed by atoms with Gasteiger partial charge in [0.05, 0.1) is 0 Å². The summed E-state index contributed by atoms with van der Waals surface area (Å²) in [5.74, 6) is 0. The maximum atomic E-state index is 3.47. The van der Waals surface area contributed by atoms with Crippen molar-refractivity contribution in [1.29, 1.82) is 0 Å². The van der Waals surface area contributed by atoms with Gasteiger partial charge in [0.1, 0.15) is 0 Å². The quantitative estimate of drug-likeness (QED) is 0.818. The molecule has 1 heterocycles. The topological polar surface area (TPSA) is 3.24 Å². The molecule has 88 valence electrons. The summed E-state index contributed by atoms with van der Waals surface area (Å²) in [6.45, 7) is 8.17. The SMILES string of the molecule is CC1CN(Cc2ccc(Br)cc2)CC(C)S1. The molecule has 3 heteroatoms. The Hall–Kier alpha value is 0.01000. The summed E-state index contributed by atoms with van der Waals surface area (Å²) in [7, 11) is 0. The molecule has 0 N–H and O–H groups in total. The van der Waals surface area contributed by atoms with Gasteiger partial charge >= 0.3 is 0 Å². The van der Waals surface area contributed by atoms with Crippen molar-refractivity contribution in [3.05, 3.63) is 34.3 Å². The zero-order valence-corrected chi connectivity index (χ0v) is 12.2. The second-order valence-corrected chi connectivity index (χ2v) is 7.38. The van der Waals surface area contributed by atoms with E-state index in [2.05, 4.69) is 70.7 Å². The molecular weight excluding hydrogens is 282 g/mol. The van der Waals surface area contributed by atoms with Crippen molar-refractivity contribution in [3.8, 4) is 0 Å². The lowest BCUT2D eigenvalue weighted by atomic mass is 10.2. The molecule has 1 aliphatic rings. The van der Waals surface area contributed by atoms with Crippen LogP contribution < -0.4 is 0 Å². The predicted molar refractivity (Wildman–Crippen MR) is 75.9 cm³/mol. The van der Waals surface area contributed by atoms with E-state index in [1.165, 1.54) is 18.7 Å². The normalized spacial score (nSPS) is 26.9. The number of hydrogen-bond donors (Lipinski definition) is 0. The Kier molecular flexibility index (Phi) is 4.34. The summed E-state index contributed by atoms with van der Waals surface area (Å²) in [6.07, 6.45) is 0. The minimum Gasteiger partial charge on any atom is -0.297 e. The molecule has 2 rings (SSSR count). The Balaban J connectivity index is 1.96. The number of rotatable bonds is 2. The minimum absolute atomic E-state index is 0.763. The molecule has 1 aliphatic heterocycles. The van der Waals surface area contributed by atoms with E-state index in [0.717, 1.165) is 21.5 Å². The van der Waals surface area contributed by atoms with E-state index in [4.69, 9.17) is 0 Å². The average molecular weight is 300 g/mol. The summed E-state index contributed by atoms with van der Waals surface area (Å²) in [5.41, 5.74) is 1.41. The highest BCUT2D eigenvalue weighted by Gasteiger charge is 2.21. The van der Waals surface area contributed by atoms with Crippen LogP contribution in [-0.2, 0) is 6.54 Å². The van der Waals surface area contributed by atoms with Crippen molar-refractivity contribution in [1.82, 2.24) is 4.90 Å². The van der Waals surface area contributed by atoms with Crippen LogP contribution in [0.4, 0.5) is 0 Å². The lowest BCUT2D eigenvalue weighted by Crippen LogP contribution is -2.39. The molecule has 1 aromatic carbocycles. The fourth-order valence-corrected chi connectivity index (χ4v) is 3.91. The Bertz CT molecular complexity index is 328. The summed E-state index contributed by atoms with van der Waals surface area (Å²) in [4.78, 5) is 2.56. The lowest BCUT2D eigenvalue weighted by Gasteiger charge is -2.34. The highest BCUT2D eigenvalue weighted by Crippen LogP contribution is 2.25. The molecule has 0 saturated carbocycles. The Morgan fingerprint density at radius 3 is 2.31 bits per heavy atom. The second-order valence-electron chi connectivity index (χ2n) is 4.58. The minimum atomic E-state index is 0.763. The summed E-state index contributed by atoms with van der Waals surface area (Å²) >= 11 is 5.58. The standard InChI is InChI=1S/C13H18BrNS/c1-10-7-15(8-11(2)16-10)9-12-3-5-13(14)6-4-12/h3-6,10-11H,7-9H2,1-2H3. The van der Waals surface area contributed by atoms with E-state index in [9.17, 15) is 0 Å². The molecule has 0 aliphatic carbocycles. The van der Waals surface area contributed by atoms with E-state index in [1.807, 2.05) is 0 Å². The summed E-state index contributed by atoms with van der Waals surface area (Å²) in [5, 5.41) is 1.53. The zero-order valence-electron chi connectivity index (χ0n) is 9.82. The van der Waals surface area contributed by atoms with Crippen LogP contribution in [0, 0.1) is 0 Å². The van der Waals surface area contributed by atoms with E-state index >= 15 is 0 Å². The van der Waals surface area contributed by atoms with Crippen LogP contribution in [0.5, 0.6) is 0 Å². The highest BCUT2D eigenvalue weighted by atomic mass is 79.9. The van der Waals surface area contributed by atoms with Crippen LogP contribution in [0.15, 0.2) is 28.7 Å². The van der Waals surface area contributed by atoms with E-state index in [-0.39, 0.29) is 0 Å². The van der Waals surface area contributed by atoms with Gasteiger partial charge in [-0.05, 0) is 17.7 Å². The highest BCUT2D eigenvalue weighted by molar-refractivity contribution is 9.10. The molecule has 1 aromatic rings. The van der Waals surface area contributed by atoms with Crippen molar-refractivity contribution < 1.29 is 0 Å². The number of halogens is 1. The van der Waals surface area contributed by atoms with Crippen LogP contribution >= 0.6 is 27.7 Å². The zero-order chi connectivity index (χ0) is 11.5. The maximum absolute atomic E-state index is 3.47. The molecular formula is C13H18BrNS. The molecule has 2 atom stereocenters. The lowest BCUT2D eigenvalue weighted by molar-refractivity contribution is 0.263. The van der Waals surface area contributed by atoms with Crippen LogP contribution in [0.3, 0.4) is 0 Å². The monoisotopic (exact) mass is 299 g/mol. The van der Waals surface area contributed by atoms with Gasteiger partial charge in [0.25, 0.3) is 0 Å². The fourth-order valence-electron chi connectivity index (χ4n) is 2.26. The third kappa shape index (κ3) is 3.51. The Morgan fingerprint density at radius 1 is 1.19 bits per heavy atom. The molecule has 1 fully saturated rings. The van der Waals surface area contributed by atoms with Crippen molar-refractivity contribution >= 4 is 27.7 Å². The molecule has 0 spiro atoms. The fraction of sp³-hybridized carbons (Fsp3) is 0.538. The molecule has 0 radical (unpaired) electrons. The smallest absolute Gasteiger partial charge is 0.0234 e. The van der Waals surface area contributed by atoms with E-state index in [1.54, 1.807) is 0 Å². The first-order valence-corrected chi connectivity index (χ1v) is 7.49. The van der Waals surface area contributed by atoms with Gasteiger partial charge in [-0.15, -0.1) is 0 Å². The number of benzene rings is 1. The van der Waals surface area contributed by atoms with Crippen LogP contribution in [0.25, 0.3) is 0 Å². The third-order valence-corrected chi connectivity index (χ3v) is 4.57. The summed E-state index contributed by atoms with van der Waals surface area (Å²) in [6, 6.07) is 8.67. The Morgan fingerprint density at radius 2 is 1.75 bits per heavy atom. The van der Waals surface area contributed by atoms with Gasteiger partial charge < -0.3 is 0 Å². The maximum Gasteiger partial charge on any atom is 0.0234 e. The van der Waals surface area contributed by atoms with Gasteiger partial charge in [-0.2, -0.15) is 11.8 Å². The molecule has 2 unspecified atom stereocenters. The van der Waals surface area contributed by atoms with Crippen LogP contribution in [0.1, 0.15) is 19.4 Å². The van der Waals surface area contributed by atoms with Gasteiger partial charge in [-0.25, -0.2) is 0 Å². The van der Waals surface area contributed by atoms with Gasteiger partial charge in [-0.1, -0.05) is 41.9 Å². The predicted octanol–water partition coefficient (Wildman–Crippen LogP) is 3.77. The number of nitrogens with zero attached hydrogens (tertiary/aromatic N) is 1. The van der Waals surface area contributed by atoms with E-state index < -0.39 is 0 Å². The molecule has 16 heavy (non-hydrogen) atoms. The molecule has 0 bridgehead atoms. The molecule has 0 aromatic heterocycles. The van der Waals surface area contributed by atoms with Crippen molar-refractivity contribution in [2.45, 2.75) is 30.9 Å². The van der Waals surface area contributed by atoms with Gasteiger partial charge in [-0.3, -0.25) is 4.90 Å². The number of thioether (sulfide) groups is 1. The van der Waals surface area contributed by atoms with Crippen molar-refractivity contribution in [2.24, 2.45) is 0 Å². The first-order valence-electron chi connectivity index (χ1n) is 5.76. The molecule has 0 amide bonds. The van der Waals surface area contributed by atoms with Gasteiger partial charge in [0.15, 0.2) is 0 Å². The largest absolute Gasteiger partial charge is 0.297 e. The first kappa shape index (κ1) is 12.5.